The van der Waals surface area contributed by atoms with Gasteiger partial charge in [0.15, 0.2) is 23.6 Å². The van der Waals surface area contributed by atoms with Crippen LogP contribution in [-0.2, 0) is 6.11 Å². The predicted molar refractivity (Wildman–Crippen MR) is 124 cm³/mol. The highest BCUT2D eigenvalue weighted by molar-refractivity contribution is 5.66. The van der Waals surface area contributed by atoms with E-state index in [1.165, 1.54) is 24.3 Å². The zero-order valence-electron chi connectivity index (χ0n) is 19.0. The van der Waals surface area contributed by atoms with Crippen molar-refractivity contribution in [1.82, 2.24) is 0 Å². The number of aryl methyl sites for hydroxylation is 1. The van der Waals surface area contributed by atoms with Gasteiger partial charge in [-0.05, 0) is 60.0 Å². The van der Waals surface area contributed by atoms with Crippen LogP contribution < -0.4 is 9.47 Å². The fourth-order valence-corrected chi connectivity index (χ4v) is 3.53. The Morgan fingerprint density at radius 3 is 1.81 bits per heavy atom. The quantitative estimate of drug-likeness (QED) is 0.180. The van der Waals surface area contributed by atoms with Crippen molar-refractivity contribution in [1.29, 1.82) is 0 Å². The van der Waals surface area contributed by atoms with Gasteiger partial charge in [0, 0.05) is 11.6 Å². The van der Waals surface area contributed by atoms with Gasteiger partial charge in [-0.1, -0.05) is 42.0 Å². The normalized spacial score (nSPS) is 11.2. The maximum absolute atomic E-state index is 14.7. The third kappa shape index (κ3) is 5.94. The Morgan fingerprint density at radius 2 is 1.27 bits per heavy atom. The Kier molecular flexibility index (Phi) is 7.24. The van der Waals surface area contributed by atoms with Crippen LogP contribution in [0.5, 0.6) is 11.5 Å². The lowest BCUT2D eigenvalue weighted by Gasteiger charge is -2.19. The average Bonchev–Trinajstić information content (AvgIpc) is 2.83. The fourth-order valence-electron chi connectivity index (χ4n) is 3.53. The number of ether oxygens (including phenoxy) is 2. The van der Waals surface area contributed by atoms with Gasteiger partial charge in [0.1, 0.15) is 11.6 Å². The molecule has 0 unspecified atom stereocenters. The van der Waals surface area contributed by atoms with Crippen LogP contribution in [0.25, 0.3) is 22.3 Å². The maximum atomic E-state index is 14.7. The molecule has 2 nitrogen and oxygen atoms in total. The van der Waals surface area contributed by atoms with Crippen LogP contribution >= 0.6 is 0 Å². The highest BCUT2D eigenvalue weighted by Gasteiger charge is 2.34. The minimum absolute atomic E-state index is 0.149. The average molecular weight is 518 g/mol. The van der Waals surface area contributed by atoms with E-state index in [2.05, 4.69) is 4.74 Å². The molecule has 0 fully saturated rings. The Morgan fingerprint density at radius 1 is 0.703 bits per heavy atom. The van der Waals surface area contributed by atoms with Gasteiger partial charge < -0.3 is 9.47 Å². The Balaban J connectivity index is 1.53. The molecule has 4 aromatic carbocycles. The van der Waals surface area contributed by atoms with Gasteiger partial charge in [-0.25, -0.2) is 13.2 Å². The van der Waals surface area contributed by atoms with Crippen molar-refractivity contribution in [2.24, 2.45) is 0 Å². The summed E-state index contributed by atoms with van der Waals surface area (Å²) in [6, 6.07) is 16.9. The number of alkyl halides is 2. The van der Waals surface area contributed by atoms with E-state index in [1.807, 2.05) is 31.2 Å². The van der Waals surface area contributed by atoms with E-state index in [0.717, 1.165) is 28.8 Å². The van der Waals surface area contributed by atoms with E-state index < -0.39 is 46.7 Å². The number of rotatable bonds is 7. The van der Waals surface area contributed by atoms with Crippen LogP contribution in [0, 0.1) is 24.4 Å². The Hall–Kier alpha value is -4.27. The van der Waals surface area contributed by atoms with Crippen LogP contribution in [0.15, 0.2) is 91.2 Å². The van der Waals surface area contributed by atoms with Gasteiger partial charge in [0.05, 0.1) is 5.56 Å². The third-order valence-electron chi connectivity index (χ3n) is 5.37. The molecule has 0 saturated carbocycles. The number of hydrogen-bond donors (Lipinski definition) is 0. The van der Waals surface area contributed by atoms with Gasteiger partial charge in [-0.2, -0.15) is 17.6 Å². The van der Waals surface area contributed by atoms with Gasteiger partial charge in [0.2, 0.25) is 0 Å². The second-order valence-corrected chi connectivity index (χ2v) is 8.00. The third-order valence-corrected chi connectivity index (χ3v) is 5.37. The van der Waals surface area contributed by atoms with Crippen LogP contribution in [0.2, 0.25) is 0 Å². The van der Waals surface area contributed by atoms with Crippen LogP contribution in [0.1, 0.15) is 11.1 Å². The highest BCUT2D eigenvalue weighted by Crippen LogP contribution is 2.36. The van der Waals surface area contributed by atoms with Gasteiger partial charge in [0.25, 0.3) is 0 Å². The van der Waals surface area contributed by atoms with Crippen molar-refractivity contribution in [2.75, 3.05) is 0 Å². The molecule has 0 atom stereocenters. The minimum atomic E-state index is -3.81. The summed E-state index contributed by atoms with van der Waals surface area (Å²) in [6.45, 7) is 1.93. The molecule has 0 aliphatic carbocycles. The zero-order chi connectivity index (χ0) is 26.7. The molecule has 0 N–H and O–H groups in total. The van der Waals surface area contributed by atoms with Gasteiger partial charge in [-0.3, -0.25) is 0 Å². The van der Waals surface area contributed by atoms with Crippen molar-refractivity contribution in [3.63, 3.8) is 0 Å². The monoisotopic (exact) mass is 518 g/mol. The minimum Gasteiger partial charge on any atom is -0.453 e. The summed E-state index contributed by atoms with van der Waals surface area (Å²) in [6.07, 6.45) is -6.27. The lowest BCUT2D eigenvalue weighted by Crippen LogP contribution is -2.21. The molecule has 190 valence electrons. The van der Waals surface area contributed by atoms with Crippen LogP contribution in [0.3, 0.4) is 0 Å². The number of hydrogen-bond acceptors (Lipinski definition) is 2. The molecule has 0 radical (unpaired) electrons. The number of benzene rings is 4. The summed E-state index contributed by atoms with van der Waals surface area (Å²) < 4.78 is 106. The lowest BCUT2D eigenvalue weighted by molar-refractivity contribution is -0.185. The first-order valence-electron chi connectivity index (χ1n) is 10.7. The molecular formula is C28H17F7O2. The maximum Gasteiger partial charge on any atom is 0.426 e. The molecule has 4 rings (SSSR count). The summed E-state index contributed by atoms with van der Waals surface area (Å²) >= 11 is 0. The van der Waals surface area contributed by atoms with Gasteiger partial charge >= 0.3 is 12.2 Å². The predicted octanol–water partition coefficient (Wildman–Crippen LogP) is 8.99. The topological polar surface area (TPSA) is 18.5 Å². The number of halogens is 7. The Bertz CT molecular complexity index is 1420. The lowest BCUT2D eigenvalue weighted by atomic mass is 10.0. The summed E-state index contributed by atoms with van der Waals surface area (Å²) in [5, 5.41) is 0. The second kappa shape index (κ2) is 10.4. The molecule has 4 aromatic rings. The van der Waals surface area contributed by atoms with Crippen molar-refractivity contribution in [3.05, 3.63) is 120 Å². The van der Waals surface area contributed by atoms with Crippen molar-refractivity contribution < 1.29 is 40.2 Å². The van der Waals surface area contributed by atoms with Gasteiger partial charge in [-0.15, -0.1) is 0 Å². The first-order valence-corrected chi connectivity index (χ1v) is 10.7. The summed E-state index contributed by atoms with van der Waals surface area (Å²) in [4.78, 5) is 0. The van der Waals surface area contributed by atoms with Crippen molar-refractivity contribution in [2.45, 2.75) is 13.0 Å². The smallest absolute Gasteiger partial charge is 0.426 e. The SMILES string of the molecule is Cc1ccc(-c2ccc(C(F)(F)Oc3ccc(-c4cc(F)c(OC=C(F)F)c(F)c4)c(F)c3)cc2)cc1. The van der Waals surface area contributed by atoms with E-state index in [9.17, 15) is 30.7 Å². The highest BCUT2D eigenvalue weighted by atomic mass is 19.3. The van der Waals surface area contributed by atoms with Crippen molar-refractivity contribution >= 4 is 0 Å². The molecule has 0 spiro atoms. The molecule has 0 heterocycles. The molecule has 37 heavy (non-hydrogen) atoms. The molecule has 0 bridgehead atoms. The van der Waals surface area contributed by atoms with E-state index in [4.69, 9.17) is 4.74 Å². The van der Waals surface area contributed by atoms with E-state index in [0.29, 0.717) is 18.2 Å². The molecule has 0 saturated heterocycles. The standard InChI is InChI=1S/C28H17F7O2/c1-16-2-4-17(5-3-16)18-6-8-20(9-7-18)28(34,35)37-21-10-11-22(23(29)14-21)19-12-24(30)27(25(31)13-19)36-15-26(32)33/h2-15H,1H3. The van der Waals surface area contributed by atoms with E-state index in [-0.39, 0.29) is 17.4 Å². The zero-order valence-corrected chi connectivity index (χ0v) is 19.0. The molecule has 0 aliphatic heterocycles. The second-order valence-electron chi connectivity index (χ2n) is 8.00. The first-order chi connectivity index (χ1) is 17.5. The summed E-state index contributed by atoms with van der Waals surface area (Å²) in [7, 11) is 0. The molecule has 0 aromatic heterocycles. The summed E-state index contributed by atoms with van der Waals surface area (Å²) in [5.74, 6) is -5.48. The first kappa shape index (κ1) is 25.8. The Labute approximate surface area is 207 Å². The molecule has 9 heteroatoms. The van der Waals surface area contributed by atoms with Crippen LogP contribution in [-0.4, -0.2) is 0 Å². The van der Waals surface area contributed by atoms with E-state index >= 15 is 0 Å². The van der Waals surface area contributed by atoms with Crippen LogP contribution in [0.4, 0.5) is 30.7 Å². The van der Waals surface area contributed by atoms with E-state index in [1.54, 1.807) is 0 Å². The fraction of sp³-hybridized carbons (Fsp3) is 0.0714. The largest absolute Gasteiger partial charge is 0.453 e. The summed E-state index contributed by atoms with van der Waals surface area (Å²) in [5.41, 5.74) is 1.51. The molecule has 0 amide bonds. The molecule has 0 aliphatic rings. The van der Waals surface area contributed by atoms with Crippen molar-refractivity contribution in [3.8, 4) is 33.8 Å². The molecular weight excluding hydrogens is 501 g/mol.